The first-order valence-corrected chi connectivity index (χ1v) is 13.6. The van der Waals surface area contributed by atoms with Gasteiger partial charge in [0.2, 0.25) is 5.78 Å². The lowest BCUT2D eigenvalue weighted by molar-refractivity contribution is 0.0474. The number of benzene rings is 4. The minimum atomic E-state index is -0.757. The highest BCUT2D eigenvalue weighted by Gasteiger charge is 2.37. The summed E-state index contributed by atoms with van der Waals surface area (Å²) in [7, 11) is 0. The first kappa shape index (κ1) is 28.5. The van der Waals surface area contributed by atoms with Crippen molar-refractivity contribution in [3.8, 4) is 11.5 Å². The number of amides is 2. The predicted octanol–water partition coefficient (Wildman–Crippen LogP) is 7.23. The number of Topliss-reactive ketones (excluding diaryl/α,β-unsaturated/α-hetero) is 1. The first-order valence-electron chi connectivity index (χ1n) is 13.6. The number of rotatable bonds is 7. The molecule has 4 aromatic carbocycles. The fraction of sp³-hybridized carbons (Fsp3) is 0.200. The number of carbonyl (C=O) groups excluding carboxylic acids is 4. The molecule has 0 radical (unpaired) electrons. The van der Waals surface area contributed by atoms with Crippen LogP contribution < -0.4 is 9.64 Å². The number of aryl methyl sites for hydroxylation is 2. The van der Waals surface area contributed by atoms with Gasteiger partial charge in [-0.1, -0.05) is 50.6 Å². The molecule has 7 nitrogen and oxygen atoms in total. The summed E-state index contributed by atoms with van der Waals surface area (Å²) in [5.41, 5.74) is 4.16. The van der Waals surface area contributed by atoms with E-state index in [1.165, 1.54) is 23.8 Å². The molecule has 0 aliphatic carbocycles. The third-order valence-electron chi connectivity index (χ3n) is 7.20. The van der Waals surface area contributed by atoms with E-state index in [9.17, 15) is 19.2 Å². The molecule has 0 saturated heterocycles. The van der Waals surface area contributed by atoms with Crippen LogP contribution in [0.25, 0.3) is 0 Å². The van der Waals surface area contributed by atoms with Crippen molar-refractivity contribution in [3.63, 3.8) is 0 Å². The molecule has 0 atom stereocenters. The number of carbonyl (C=O) groups is 4. The van der Waals surface area contributed by atoms with Crippen molar-refractivity contribution in [2.75, 3.05) is 11.5 Å². The Morgan fingerprint density at radius 2 is 1.36 bits per heavy atom. The van der Waals surface area contributed by atoms with E-state index in [0.29, 0.717) is 22.7 Å². The molecule has 0 saturated carbocycles. The molecule has 0 bridgehead atoms. The van der Waals surface area contributed by atoms with E-state index >= 15 is 0 Å². The first-order chi connectivity index (χ1) is 19.9. The molecular weight excluding hydrogens is 530 g/mol. The van der Waals surface area contributed by atoms with E-state index in [2.05, 4.69) is 20.8 Å². The second-order valence-corrected chi connectivity index (χ2v) is 11.4. The van der Waals surface area contributed by atoms with Crippen molar-refractivity contribution in [2.45, 2.75) is 40.0 Å². The van der Waals surface area contributed by atoms with Gasteiger partial charge in [0, 0.05) is 5.56 Å². The van der Waals surface area contributed by atoms with Crippen LogP contribution in [0.5, 0.6) is 11.5 Å². The number of fused-ring (bicyclic) bond motifs is 1. The van der Waals surface area contributed by atoms with Gasteiger partial charge in [-0.2, -0.15) is 0 Å². The van der Waals surface area contributed by atoms with Crippen LogP contribution in [-0.2, 0) is 10.2 Å². The van der Waals surface area contributed by atoms with Gasteiger partial charge < -0.3 is 9.47 Å². The fourth-order valence-electron chi connectivity index (χ4n) is 4.75. The summed E-state index contributed by atoms with van der Waals surface area (Å²) in [4.78, 5) is 52.8. The summed E-state index contributed by atoms with van der Waals surface area (Å²) in [6.45, 7) is 9.69. The number of ether oxygens (including phenoxy) is 2. The van der Waals surface area contributed by atoms with Crippen molar-refractivity contribution < 1.29 is 28.7 Å². The number of anilines is 1. The van der Waals surface area contributed by atoms with E-state index in [-0.39, 0.29) is 27.9 Å². The Balaban J connectivity index is 1.26. The molecule has 4 aromatic rings. The van der Waals surface area contributed by atoms with Crippen molar-refractivity contribution in [2.24, 2.45) is 0 Å². The summed E-state index contributed by atoms with van der Waals surface area (Å²) in [6.07, 6.45) is 0. The molecule has 7 heteroatoms. The Hall–Kier alpha value is -5.04. The van der Waals surface area contributed by atoms with Crippen LogP contribution in [0.4, 0.5) is 5.69 Å². The van der Waals surface area contributed by atoms with Gasteiger partial charge in [-0.3, -0.25) is 14.4 Å². The monoisotopic (exact) mass is 561 g/mol. The van der Waals surface area contributed by atoms with Crippen LogP contribution >= 0.6 is 0 Å². The normalized spacial score (nSPS) is 12.7. The summed E-state index contributed by atoms with van der Waals surface area (Å²) in [5, 5.41) is 0. The maximum atomic E-state index is 13.3. The highest BCUT2D eigenvalue weighted by molar-refractivity contribution is 6.34. The zero-order valence-corrected chi connectivity index (χ0v) is 24.2. The van der Waals surface area contributed by atoms with Crippen molar-refractivity contribution in [1.29, 1.82) is 0 Å². The Kier molecular flexibility index (Phi) is 7.52. The van der Waals surface area contributed by atoms with Gasteiger partial charge in [0.15, 0.2) is 6.61 Å². The van der Waals surface area contributed by atoms with Gasteiger partial charge in [0.25, 0.3) is 11.8 Å². The number of ketones is 1. The SMILES string of the molecule is Cc1ccc(C)c(C(=O)COC(=O)c2ccc3c(c2)C(=O)N(c2ccc(Oc4ccc(C(C)(C)C)cc4)cc2)C3=O)c1. The maximum Gasteiger partial charge on any atom is 0.338 e. The van der Waals surface area contributed by atoms with E-state index in [1.54, 1.807) is 30.3 Å². The van der Waals surface area contributed by atoms with Gasteiger partial charge in [0.05, 0.1) is 22.4 Å². The molecule has 1 aliphatic heterocycles. The molecule has 0 aromatic heterocycles. The van der Waals surface area contributed by atoms with Gasteiger partial charge >= 0.3 is 5.97 Å². The number of nitrogens with zero attached hydrogens (tertiary/aromatic N) is 1. The van der Waals surface area contributed by atoms with E-state index in [1.807, 2.05) is 50.2 Å². The van der Waals surface area contributed by atoms with Gasteiger partial charge in [-0.05, 0) is 91.1 Å². The van der Waals surface area contributed by atoms with Crippen LogP contribution in [0.3, 0.4) is 0 Å². The van der Waals surface area contributed by atoms with E-state index < -0.39 is 24.4 Å². The summed E-state index contributed by atoms with van der Waals surface area (Å²) in [5.74, 6) is -0.899. The maximum absolute atomic E-state index is 13.3. The average Bonchev–Trinajstić information content (AvgIpc) is 3.22. The zero-order valence-electron chi connectivity index (χ0n) is 24.2. The Morgan fingerprint density at radius 3 is 2.00 bits per heavy atom. The average molecular weight is 562 g/mol. The van der Waals surface area contributed by atoms with Gasteiger partial charge in [-0.15, -0.1) is 0 Å². The lowest BCUT2D eigenvalue weighted by Gasteiger charge is -2.19. The minimum Gasteiger partial charge on any atom is -0.457 e. The van der Waals surface area contributed by atoms with E-state index in [0.717, 1.165) is 16.0 Å². The highest BCUT2D eigenvalue weighted by atomic mass is 16.5. The molecule has 2 amide bonds. The molecule has 5 rings (SSSR count). The molecule has 212 valence electrons. The van der Waals surface area contributed by atoms with Crippen LogP contribution in [0.1, 0.15) is 78.9 Å². The molecule has 1 heterocycles. The quantitative estimate of drug-likeness (QED) is 0.134. The summed E-state index contributed by atoms with van der Waals surface area (Å²) in [6, 6.07) is 24.2. The molecule has 0 N–H and O–H groups in total. The predicted molar refractivity (Wildman–Crippen MR) is 160 cm³/mol. The van der Waals surface area contributed by atoms with Crippen molar-refractivity contribution >= 4 is 29.3 Å². The van der Waals surface area contributed by atoms with Crippen LogP contribution in [-0.4, -0.2) is 30.2 Å². The Morgan fingerprint density at radius 1 is 0.738 bits per heavy atom. The van der Waals surface area contributed by atoms with Crippen molar-refractivity contribution in [3.05, 3.63) is 124 Å². The number of hydrogen-bond acceptors (Lipinski definition) is 6. The lowest BCUT2D eigenvalue weighted by atomic mass is 9.87. The second-order valence-electron chi connectivity index (χ2n) is 11.4. The van der Waals surface area contributed by atoms with Crippen LogP contribution in [0.2, 0.25) is 0 Å². The van der Waals surface area contributed by atoms with Crippen LogP contribution in [0, 0.1) is 13.8 Å². The topological polar surface area (TPSA) is 90.0 Å². The molecule has 42 heavy (non-hydrogen) atoms. The molecular formula is C35H31NO6. The summed E-state index contributed by atoms with van der Waals surface area (Å²) >= 11 is 0. The van der Waals surface area contributed by atoms with Gasteiger partial charge in [-0.25, -0.2) is 9.69 Å². The minimum absolute atomic E-state index is 0.0352. The van der Waals surface area contributed by atoms with Crippen LogP contribution in [0.15, 0.2) is 84.9 Å². The largest absolute Gasteiger partial charge is 0.457 e. The molecule has 0 fully saturated rings. The zero-order chi connectivity index (χ0) is 30.2. The number of imide groups is 1. The van der Waals surface area contributed by atoms with Gasteiger partial charge in [0.1, 0.15) is 11.5 Å². The third kappa shape index (κ3) is 5.72. The Bertz CT molecular complexity index is 1710. The molecule has 0 spiro atoms. The summed E-state index contributed by atoms with van der Waals surface area (Å²) < 4.78 is 11.2. The van der Waals surface area contributed by atoms with E-state index in [4.69, 9.17) is 9.47 Å². The molecule has 1 aliphatic rings. The third-order valence-corrected chi connectivity index (χ3v) is 7.20. The molecule has 0 unspecified atom stereocenters. The lowest BCUT2D eigenvalue weighted by Crippen LogP contribution is -2.29. The van der Waals surface area contributed by atoms with Crippen molar-refractivity contribution in [1.82, 2.24) is 0 Å². The Labute approximate surface area is 244 Å². The second kappa shape index (κ2) is 11.1. The fourth-order valence-corrected chi connectivity index (χ4v) is 4.75. The number of hydrogen-bond donors (Lipinski definition) is 0. The number of esters is 1. The standard InChI is InChI=1S/C35H31NO6/c1-21-6-7-22(2)29(18-21)31(37)20-41-34(40)23-8-17-28-30(19-23)33(39)36(32(28)38)25-11-15-27(16-12-25)42-26-13-9-24(10-14-26)35(3,4)5/h6-19H,20H2,1-5H3. The smallest absolute Gasteiger partial charge is 0.338 e. The highest BCUT2D eigenvalue weighted by Crippen LogP contribution is 2.32.